The van der Waals surface area contributed by atoms with Crippen LogP contribution in [0.4, 0.5) is 0 Å². The van der Waals surface area contributed by atoms with Gasteiger partial charge >= 0.3 is 0 Å². The van der Waals surface area contributed by atoms with E-state index in [9.17, 15) is 4.79 Å². The molecule has 1 rings (SSSR count). The van der Waals surface area contributed by atoms with Gasteiger partial charge in [-0.1, -0.05) is 33.6 Å². The van der Waals surface area contributed by atoms with Crippen LogP contribution in [0.25, 0.3) is 0 Å². The van der Waals surface area contributed by atoms with Gasteiger partial charge in [0.2, 0.25) is 5.91 Å². The zero-order valence-corrected chi connectivity index (χ0v) is 11.6. The first-order chi connectivity index (χ1) is 8.06. The summed E-state index contributed by atoms with van der Waals surface area (Å²) < 4.78 is 0. The minimum atomic E-state index is 0.0827. The van der Waals surface area contributed by atoms with E-state index in [4.69, 9.17) is 5.73 Å². The number of carbonyl (C=O) groups excluding carboxylic acids is 1. The van der Waals surface area contributed by atoms with E-state index < -0.39 is 0 Å². The van der Waals surface area contributed by atoms with Gasteiger partial charge in [-0.25, -0.2) is 0 Å². The van der Waals surface area contributed by atoms with Crippen molar-refractivity contribution in [1.29, 1.82) is 0 Å². The molecule has 1 aliphatic carbocycles. The standard InChI is InChI=1S/C14H28N2O/c1-11(2)10-16(13-6-4-5-7-13)14(17)12(3)8-9-15/h11-13H,4-10,15H2,1-3H3. The molecule has 0 aromatic rings. The molecule has 0 heterocycles. The first-order valence-electron chi connectivity index (χ1n) is 7.06. The van der Waals surface area contributed by atoms with E-state index in [0.717, 1.165) is 13.0 Å². The van der Waals surface area contributed by atoms with E-state index >= 15 is 0 Å². The lowest BCUT2D eigenvalue weighted by Crippen LogP contribution is -2.44. The molecular weight excluding hydrogens is 212 g/mol. The Bertz CT molecular complexity index is 234. The van der Waals surface area contributed by atoms with Crippen molar-refractivity contribution in [2.75, 3.05) is 13.1 Å². The zero-order chi connectivity index (χ0) is 12.8. The molecule has 0 radical (unpaired) electrons. The van der Waals surface area contributed by atoms with Gasteiger partial charge in [0, 0.05) is 18.5 Å². The van der Waals surface area contributed by atoms with Crippen molar-refractivity contribution in [3.8, 4) is 0 Å². The van der Waals surface area contributed by atoms with Crippen LogP contribution in [-0.2, 0) is 4.79 Å². The van der Waals surface area contributed by atoms with Gasteiger partial charge in [-0.3, -0.25) is 4.79 Å². The topological polar surface area (TPSA) is 46.3 Å². The van der Waals surface area contributed by atoms with Crippen molar-refractivity contribution in [2.24, 2.45) is 17.6 Å². The molecule has 0 aromatic heterocycles. The van der Waals surface area contributed by atoms with Gasteiger partial charge in [-0.15, -0.1) is 0 Å². The fourth-order valence-electron chi connectivity index (χ4n) is 2.68. The van der Waals surface area contributed by atoms with E-state index in [-0.39, 0.29) is 5.92 Å². The highest BCUT2D eigenvalue weighted by molar-refractivity contribution is 5.78. The molecule has 17 heavy (non-hydrogen) atoms. The van der Waals surface area contributed by atoms with Crippen molar-refractivity contribution in [3.63, 3.8) is 0 Å². The molecule has 1 fully saturated rings. The van der Waals surface area contributed by atoms with E-state index in [2.05, 4.69) is 18.7 Å². The zero-order valence-electron chi connectivity index (χ0n) is 11.6. The van der Waals surface area contributed by atoms with Crippen LogP contribution in [0.1, 0.15) is 52.9 Å². The van der Waals surface area contributed by atoms with Gasteiger partial charge in [0.15, 0.2) is 0 Å². The fraction of sp³-hybridized carbons (Fsp3) is 0.929. The summed E-state index contributed by atoms with van der Waals surface area (Å²) >= 11 is 0. The second-order valence-electron chi connectivity index (χ2n) is 5.80. The summed E-state index contributed by atoms with van der Waals surface area (Å²) in [6.45, 7) is 7.88. The average Bonchev–Trinajstić information content (AvgIpc) is 2.78. The first kappa shape index (κ1) is 14.5. The van der Waals surface area contributed by atoms with Crippen LogP contribution in [0.15, 0.2) is 0 Å². The Kier molecular flexibility index (Phi) is 5.96. The van der Waals surface area contributed by atoms with E-state index in [1.807, 2.05) is 6.92 Å². The Morgan fingerprint density at radius 2 is 1.88 bits per heavy atom. The monoisotopic (exact) mass is 240 g/mol. The molecule has 1 unspecified atom stereocenters. The molecule has 3 heteroatoms. The van der Waals surface area contributed by atoms with Crippen molar-refractivity contribution in [1.82, 2.24) is 4.90 Å². The molecule has 0 aliphatic heterocycles. The fourth-order valence-corrected chi connectivity index (χ4v) is 2.68. The molecule has 1 amide bonds. The van der Waals surface area contributed by atoms with E-state index in [1.165, 1.54) is 25.7 Å². The lowest BCUT2D eigenvalue weighted by Gasteiger charge is -2.32. The predicted octanol–water partition coefficient (Wildman–Crippen LogP) is 2.40. The number of hydrogen-bond acceptors (Lipinski definition) is 2. The Hall–Kier alpha value is -0.570. The van der Waals surface area contributed by atoms with Gasteiger partial charge in [-0.2, -0.15) is 0 Å². The number of nitrogens with two attached hydrogens (primary N) is 1. The summed E-state index contributed by atoms with van der Waals surface area (Å²) in [5.41, 5.74) is 5.55. The number of rotatable bonds is 6. The second-order valence-corrected chi connectivity index (χ2v) is 5.80. The second kappa shape index (κ2) is 7.00. The molecule has 1 aliphatic rings. The minimum absolute atomic E-state index is 0.0827. The highest BCUT2D eigenvalue weighted by atomic mass is 16.2. The summed E-state index contributed by atoms with van der Waals surface area (Å²) in [4.78, 5) is 14.6. The highest BCUT2D eigenvalue weighted by Crippen LogP contribution is 2.26. The van der Waals surface area contributed by atoms with Crippen molar-refractivity contribution < 1.29 is 4.79 Å². The van der Waals surface area contributed by atoms with Gasteiger partial charge in [0.05, 0.1) is 0 Å². The van der Waals surface area contributed by atoms with Crippen molar-refractivity contribution >= 4 is 5.91 Å². The number of carbonyl (C=O) groups is 1. The van der Waals surface area contributed by atoms with Gasteiger partial charge in [-0.05, 0) is 31.7 Å². The Morgan fingerprint density at radius 1 is 1.29 bits per heavy atom. The van der Waals surface area contributed by atoms with Crippen LogP contribution in [0.3, 0.4) is 0 Å². The van der Waals surface area contributed by atoms with Gasteiger partial charge in [0.1, 0.15) is 0 Å². The summed E-state index contributed by atoms with van der Waals surface area (Å²) in [5, 5.41) is 0. The van der Waals surface area contributed by atoms with Crippen LogP contribution < -0.4 is 5.73 Å². The Labute approximate surface area is 106 Å². The van der Waals surface area contributed by atoms with Gasteiger partial charge < -0.3 is 10.6 Å². The molecular formula is C14H28N2O. The third-order valence-corrected chi connectivity index (χ3v) is 3.63. The third-order valence-electron chi connectivity index (χ3n) is 3.63. The molecule has 1 saturated carbocycles. The van der Waals surface area contributed by atoms with Crippen molar-refractivity contribution in [2.45, 2.75) is 58.9 Å². The predicted molar refractivity (Wildman–Crippen MR) is 71.6 cm³/mol. The quantitative estimate of drug-likeness (QED) is 0.775. The average molecular weight is 240 g/mol. The maximum Gasteiger partial charge on any atom is 0.225 e. The lowest BCUT2D eigenvalue weighted by atomic mass is 10.0. The van der Waals surface area contributed by atoms with Crippen molar-refractivity contribution in [3.05, 3.63) is 0 Å². The summed E-state index contributed by atoms with van der Waals surface area (Å²) in [6, 6.07) is 0.491. The Morgan fingerprint density at radius 3 is 2.35 bits per heavy atom. The summed E-state index contributed by atoms with van der Waals surface area (Å²) in [6.07, 6.45) is 5.73. The number of amides is 1. The summed E-state index contributed by atoms with van der Waals surface area (Å²) in [5.74, 6) is 0.944. The minimum Gasteiger partial charge on any atom is -0.339 e. The Balaban J connectivity index is 2.63. The molecule has 0 spiro atoms. The lowest BCUT2D eigenvalue weighted by molar-refractivity contribution is -0.138. The molecule has 0 aromatic carbocycles. The van der Waals surface area contributed by atoms with Gasteiger partial charge in [0.25, 0.3) is 0 Å². The van der Waals surface area contributed by atoms with E-state index in [0.29, 0.717) is 24.4 Å². The van der Waals surface area contributed by atoms with E-state index in [1.54, 1.807) is 0 Å². The van der Waals surface area contributed by atoms with Crippen LogP contribution >= 0.6 is 0 Å². The smallest absolute Gasteiger partial charge is 0.225 e. The summed E-state index contributed by atoms with van der Waals surface area (Å²) in [7, 11) is 0. The molecule has 0 saturated heterocycles. The third kappa shape index (κ3) is 4.30. The molecule has 2 N–H and O–H groups in total. The highest BCUT2D eigenvalue weighted by Gasteiger charge is 2.29. The maximum atomic E-state index is 12.4. The molecule has 1 atom stereocenters. The van der Waals surface area contributed by atoms with Crippen LogP contribution in [0.2, 0.25) is 0 Å². The number of nitrogens with zero attached hydrogens (tertiary/aromatic N) is 1. The largest absolute Gasteiger partial charge is 0.339 e. The SMILES string of the molecule is CC(C)CN(C(=O)C(C)CCN)C1CCCC1. The van der Waals surface area contributed by atoms with Crippen LogP contribution in [-0.4, -0.2) is 29.9 Å². The molecule has 3 nitrogen and oxygen atoms in total. The molecule has 100 valence electrons. The number of hydrogen-bond donors (Lipinski definition) is 1. The maximum absolute atomic E-state index is 12.4. The molecule has 0 bridgehead atoms. The first-order valence-corrected chi connectivity index (χ1v) is 7.06. The van der Waals surface area contributed by atoms with Crippen LogP contribution in [0, 0.1) is 11.8 Å². The normalized spacial score (nSPS) is 18.6. The van der Waals surface area contributed by atoms with Crippen LogP contribution in [0.5, 0.6) is 0 Å².